The summed E-state index contributed by atoms with van der Waals surface area (Å²) in [5.41, 5.74) is 2.58. The summed E-state index contributed by atoms with van der Waals surface area (Å²) in [6.45, 7) is 0.650. The second kappa shape index (κ2) is 13.3. The maximum absolute atomic E-state index is 12.5. The minimum atomic E-state index is -0.455. The summed E-state index contributed by atoms with van der Waals surface area (Å²) in [7, 11) is 1.50. The minimum Gasteiger partial charge on any atom is -0.493 e. The topological polar surface area (TPSA) is 114 Å². The number of methoxy groups -OCH3 is 1. The van der Waals surface area contributed by atoms with E-state index in [1.165, 1.54) is 30.9 Å². The number of nitrogens with one attached hydrogen (secondary N) is 1. The zero-order valence-electron chi connectivity index (χ0n) is 19.6. The van der Waals surface area contributed by atoms with Gasteiger partial charge >= 0.3 is 0 Å². The van der Waals surface area contributed by atoms with Gasteiger partial charge in [-0.15, -0.1) is 0 Å². The lowest BCUT2D eigenvalue weighted by molar-refractivity contribution is -0.384. The van der Waals surface area contributed by atoms with Crippen LogP contribution in [0, 0.1) is 25.0 Å². The molecule has 8 nitrogen and oxygen atoms in total. The van der Waals surface area contributed by atoms with Crippen molar-refractivity contribution in [2.45, 2.75) is 19.4 Å². The van der Waals surface area contributed by atoms with Gasteiger partial charge in [0.05, 0.1) is 15.6 Å². The van der Waals surface area contributed by atoms with Crippen LogP contribution < -0.4 is 14.8 Å². The Morgan fingerprint density at radius 3 is 2.50 bits per heavy atom. The summed E-state index contributed by atoms with van der Waals surface area (Å²) in [6.07, 6.45) is 3.11. The Morgan fingerprint density at radius 2 is 1.86 bits per heavy atom. The van der Waals surface area contributed by atoms with Crippen LogP contribution in [0.4, 0.5) is 5.69 Å². The van der Waals surface area contributed by atoms with Gasteiger partial charge in [0, 0.05) is 18.7 Å². The summed E-state index contributed by atoms with van der Waals surface area (Å²) < 4.78 is 12.1. The molecule has 1 amide bonds. The van der Waals surface area contributed by atoms with Gasteiger partial charge < -0.3 is 14.8 Å². The molecule has 0 aromatic heterocycles. The molecule has 0 aliphatic rings. The number of non-ortho nitro benzene ring substituents is 1. The molecule has 0 aliphatic heterocycles. The number of ether oxygens (including phenoxy) is 2. The lowest BCUT2D eigenvalue weighted by Crippen LogP contribution is -2.25. The SMILES string of the molecule is COc1cc(/C=C(/C#N)C(=O)NCCCc2ccccc2)cc(I)c1OCc1ccc([N+](=O)[O-])cc1. The van der Waals surface area contributed by atoms with Crippen molar-refractivity contribution in [2.24, 2.45) is 0 Å². The lowest BCUT2D eigenvalue weighted by atomic mass is 10.1. The van der Waals surface area contributed by atoms with Crippen molar-refractivity contribution in [3.63, 3.8) is 0 Å². The first-order valence-electron chi connectivity index (χ1n) is 11.1. The molecule has 36 heavy (non-hydrogen) atoms. The number of carbonyl (C=O) groups excluding carboxylic acids is 1. The van der Waals surface area contributed by atoms with Crippen molar-refractivity contribution in [1.29, 1.82) is 5.26 Å². The number of aryl methyl sites for hydroxylation is 1. The first-order valence-corrected chi connectivity index (χ1v) is 12.2. The average Bonchev–Trinajstić information content (AvgIpc) is 2.89. The molecule has 3 aromatic carbocycles. The number of carbonyl (C=O) groups is 1. The number of hydrogen-bond acceptors (Lipinski definition) is 6. The molecular formula is C27H24IN3O5. The molecule has 0 bridgehead atoms. The number of benzene rings is 3. The summed E-state index contributed by atoms with van der Waals surface area (Å²) in [5.74, 6) is 0.506. The Morgan fingerprint density at radius 1 is 1.14 bits per heavy atom. The van der Waals surface area contributed by atoms with Crippen LogP contribution in [0.25, 0.3) is 6.08 Å². The van der Waals surface area contributed by atoms with Gasteiger partial charge in [-0.05, 0) is 82.5 Å². The Balaban J connectivity index is 1.65. The maximum atomic E-state index is 12.5. The van der Waals surface area contributed by atoms with E-state index in [9.17, 15) is 20.2 Å². The molecule has 184 valence electrons. The molecule has 3 aromatic rings. The van der Waals surface area contributed by atoms with Crippen molar-refractivity contribution in [1.82, 2.24) is 5.32 Å². The molecule has 0 radical (unpaired) electrons. The van der Waals surface area contributed by atoms with E-state index in [4.69, 9.17) is 9.47 Å². The Kier molecular flexibility index (Phi) is 9.82. The summed E-state index contributed by atoms with van der Waals surface area (Å²) in [5, 5.41) is 23.1. The van der Waals surface area contributed by atoms with Gasteiger partial charge in [0.1, 0.15) is 18.2 Å². The van der Waals surface area contributed by atoms with Crippen LogP contribution in [0.15, 0.2) is 72.3 Å². The normalized spacial score (nSPS) is 10.9. The van der Waals surface area contributed by atoms with Crippen LogP contribution in [0.5, 0.6) is 11.5 Å². The smallest absolute Gasteiger partial charge is 0.269 e. The highest BCUT2D eigenvalue weighted by molar-refractivity contribution is 14.1. The lowest BCUT2D eigenvalue weighted by Gasteiger charge is -2.14. The molecule has 0 aliphatic carbocycles. The molecule has 0 unspecified atom stereocenters. The minimum absolute atomic E-state index is 0.00730. The van der Waals surface area contributed by atoms with Crippen molar-refractivity contribution < 1.29 is 19.2 Å². The molecule has 0 atom stereocenters. The summed E-state index contributed by atoms with van der Waals surface area (Å²) in [4.78, 5) is 22.9. The van der Waals surface area contributed by atoms with Crippen LogP contribution in [0.3, 0.4) is 0 Å². The Bertz CT molecular complexity index is 1290. The average molecular weight is 597 g/mol. The molecule has 0 saturated heterocycles. The second-order valence-electron chi connectivity index (χ2n) is 7.76. The summed E-state index contributed by atoms with van der Waals surface area (Å²) >= 11 is 2.09. The largest absolute Gasteiger partial charge is 0.493 e. The van der Waals surface area contributed by atoms with Gasteiger partial charge in [-0.25, -0.2) is 0 Å². The fraction of sp³-hybridized carbons (Fsp3) is 0.185. The van der Waals surface area contributed by atoms with E-state index in [1.807, 2.05) is 36.4 Å². The van der Waals surface area contributed by atoms with Gasteiger partial charge in [-0.2, -0.15) is 5.26 Å². The second-order valence-corrected chi connectivity index (χ2v) is 8.92. The van der Waals surface area contributed by atoms with Crippen LogP contribution >= 0.6 is 22.6 Å². The molecule has 0 heterocycles. The number of nitriles is 1. The number of halogens is 1. The Labute approximate surface area is 222 Å². The molecule has 0 spiro atoms. The number of amides is 1. The number of nitrogens with zero attached hydrogens (tertiary/aromatic N) is 2. The first-order chi connectivity index (χ1) is 17.4. The van der Waals surface area contributed by atoms with E-state index < -0.39 is 10.8 Å². The molecule has 1 N–H and O–H groups in total. The number of nitro benzene ring substituents is 1. The van der Waals surface area contributed by atoms with Crippen LogP contribution in [0.2, 0.25) is 0 Å². The van der Waals surface area contributed by atoms with Gasteiger partial charge in [-0.3, -0.25) is 14.9 Å². The van der Waals surface area contributed by atoms with E-state index in [-0.39, 0.29) is 17.9 Å². The third kappa shape index (κ3) is 7.55. The number of rotatable bonds is 11. The predicted molar refractivity (Wildman–Crippen MR) is 145 cm³/mol. The fourth-order valence-electron chi connectivity index (χ4n) is 3.38. The summed E-state index contributed by atoms with van der Waals surface area (Å²) in [6, 6.07) is 21.5. The van der Waals surface area contributed by atoms with Crippen molar-refractivity contribution in [3.05, 3.63) is 103 Å². The monoisotopic (exact) mass is 597 g/mol. The third-order valence-corrected chi connectivity index (χ3v) is 6.03. The zero-order chi connectivity index (χ0) is 25.9. The standard InChI is InChI=1S/C27H24IN3O5/c1-35-25-16-21(14-22(17-29)27(32)30-13-5-8-19-6-3-2-4-7-19)15-24(28)26(25)36-18-20-9-11-23(12-10-20)31(33)34/h2-4,6-7,9-12,14-16H,5,8,13,18H2,1H3,(H,30,32)/b22-14-. The van der Waals surface area contributed by atoms with Crippen LogP contribution in [-0.4, -0.2) is 24.5 Å². The molecular weight excluding hydrogens is 573 g/mol. The van der Waals surface area contributed by atoms with E-state index in [2.05, 4.69) is 27.9 Å². The van der Waals surface area contributed by atoms with Crippen molar-refractivity contribution in [3.8, 4) is 17.6 Å². The molecule has 3 rings (SSSR count). The van der Waals surface area contributed by atoms with Gasteiger partial charge in [0.2, 0.25) is 0 Å². The Hall–Kier alpha value is -3.91. The zero-order valence-corrected chi connectivity index (χ0v) is 21.7. The molecule has 0 fully saturated rings. The van der Waals surface area contributed by atoms with Crippen molar-refractivity contribution in [2.75, 3.05) is 13.7 Å². The third-order valence-electron chi connectivity index (χ3n) is 5.23. The quantitative estimate of drug-likeness (QED) is 0.0786. The molecule has 0 saturated carbocycles. The highest BCUT2D eigenvalue weighted by Gasteiger charge is 2.14. The molecule has 9 heteroatoms. The van der Waals surface area contributed by atoms with E-state index in [1.54, 1.807) is 24.3 Å². The van der Waals surface area contributed by atoms with Crippen LogP contribution in [0.1, 0.15) is 23.1 Å². The highest BCUT2D eigenvalue weighted by atomic mass is 127. The van der Waals surface area contributed by atoms with E-state index >= 15 is 0 Å². The predicted octanol–water partition coefficient (Wildman–Crippen LogP) is 5.44. The number of hydrogen-bond donors (Lipinski definition) is 1. The van der Waals surface area contributed by atoms with Gasteiger partial charge in [0.15, 0.2) is 11.5 Å². The van der Waals surface area contributed by atoms with E-state index in [0.29, 0.717) is 23.6 Å². The fourth-order valence-corrected chi connectivity index (χ4v) is 4.16. The first kappa shape index (κ1) is 26.7. The van der Waals surface area contributed by atoms with Gasteiger partial charge in [0.25, 0.3) is 11.6 Å². The van der Waals surface area contributed by atoms with Gasteiger partial charge in [-0.1, -0.05) is 30.3 Å². The van der Waals surface area contributed by atoms with Crippen molar-refractivity contribution >= 4 is 40.3 Å². The van der Waals surface area contributed by atoms with Crippen LogP contribution in [-0.2, 0) is 17.8 Å². The maximum Gasteiger partial charge on any atom is 0.269 e. The van der Waals surface area contributed by atoms with E-state index in [0.717, 1.165) is 22.0 Å². The highest BCUT2D eigenvalue weighted by Crippen LogP contribution is 2.35. The number of nitro groups is 1.